The molecule has 25 heavy (non-hydrogen) atoms. The van der Waals surface area contributed by atoms with Crippen LogP contribution in [-0.4, -0.2) is 100 Å². The van der Waals surface area contributed by atoms with E-state index < -0.39 is 0 Å². The fraction of sp³-hybridized carbons (Fsp3) is 0.944. The van der Waals surface area contributed by atoms with Crippen molar-refractivity contribution in [1.29, 1.82) is 0 Å². The van der Waals surface area contributed by atoms with Crippen LogP contribution in [0.25, 0.3) is 0 Å². The van der Waals surface area contributed by atoms with Crippen molar-refractivity contribution in [3.05, 3.63) is 0 Å². The minimum Gasteiger partial charge on any atom is -0.384 e. The second kappa shape index (κ2) is 13.1. The first-order valence-corrected chi connectivity index (χ1v) is 9.66. The molecule has 0 aliphatic carbocycles. The van der Waals surface area contributed by atoms with Crippen molar-refractivity contribution in [1.82, 2.24) is 20.0 Å². The third-order valence-corrected chi connectivity index (χ3v) is 5.30. The van der Waals surface area contributed by atoms with Crippen LogP contribution < -0.4 is 5.32 Å². The van der Waals surface area contributed by atoms with Crippen molar-refractivity contribution in [3.63, 3.8) is 0 Å². The third kappa shape index (κ3) is 7.97. The van der Waals surface area contributed by atoms with Gasteiger partial charge in [-0.05, 0) is 32.4 Å². The predicted molar refractivity (Wildman–Crippen MR) is 116 cm³/mol. The van der Waals surface area contributed by atoms with Gasteiger partial charge in [0.05, 0.1) is 6.61 Å². The van der Waals surface area contributed by atoms with Gasteiger partial charge in [0.1, 0.15) is 0 Å². The lowest BCUT2D eigenvalue weighted by atomic mass is 10.1. The van der Waals surface area contributed by atoms with Gasteiger partial charge >= 0.3 is 0 Å². The molecule has 0 radical (unpaired) electrons. The van der Waals surface area contributed by atoms with E-state index in [1.54, 1.807) is 7.11 Å². The Hall–Kier alpha value is -0.120. The van der Waals surface area contributed by atoms with Gasteiger partial charge in [0.25, 0.3) is 0 Å². The highest BCUT2D eigenvalue weighted by molar-refractivity contribution is 14.0. The number of methoxy groups -OCH3 is 1. The zero-order chi connectivity index (χ0) is 17.2. The summed E-state index contributed by atoms with van der Waals surface area (Å²) in [5, 5.41) is 3.54. The van der Waals surface area contributed by atoms with Crippen molar-refractivity contribution in [3.8, 4) is 0 Å². The van der Waals surface area contributed by atoms with Crippen molar-refractivity contribution in [2.24, 2.45) is 10.9 Å². The summed E-state index contributed by atoms with van der Waals surface area (Å²) in [6, 6.07) is 0. The van der Waals surface area contributed by atoms with Gasteiger partial charge in [0.15, 0.2) is 5.96 Å². The number of likely N-dealkylation sites (N-methyl/N-ethyl adjacent to an activating group) is 1. The molecule has 1 N–H and O–H groups in total. The number of likely N-dealkylation sites (tertiary alicyclic amines) is 1. The number of unbranched alkanes of at least 4 members (excludes halogenated alkanes) is 1. The number of piperazine rings is 1. The first-order valence-electron chi connectivity index (χ1n) is 9.66. The molecule has 2 aliphatic heterocycles. The highest BCUT2D eigenvalue weighted by Gasteiger charge is 2.24. The van der Waals surface area contributed by atoms with Crippen LogP contribution in [0, 0.1) is 5.92 Å². The Morgan fingerprint density at radius 3 is 2.48 bits per heavy atom. The van der Waals surface area contributed by atoms with E-state index in [1.807, 2.05) is 7.05 Å². The molecule has 0 aromatic heterocycles. The van der Waals surface area contributed by atoms with Crippen LogP contribution in [0.2, 0.25) is 0 Å². The van der Waals surface area contributed by atoms with E-state index in [2.05, 4.69) is 31.9 Å². The number of aliphatic imine (C=N–C) groups is 1. The zero-order valence-corrected chi connectivity index (χ0v) is 18.7. The number of hydrogen-bond acceptors (Lipinski definition) is 4. The average Bonchev–Trinajstić information content (AvgIpc) is 3.07. The number of guanidine groups is 1. The molecule has 0 aromatic carbocycles. The van der Waals surface area contributed by atoms with Gasteiger partial charge in [0.2, 0.25) is 0 Å². The highest BCUT2D eigenvalue weighted by Crippen LogP contribution is 2.16. The van der Waals surface area contributed by atoms with Gasteiger partial charge < -0.3 is 24.8 Å². The highest BCUT2D eigenvalue weighted by atomic mass is 127. The molecule has 0 spiro atoms. The van der Waals surface area contributed by atoms with Crippen molar-refractivity contribution >= 4 is 29.9 Å². The lowest BCUT2D eigenvalue weighted by Crippen LogP contribution is -2.46. The number of hydrogen-bond donors (Lipinski definition) is 1. The molecule has 2 rings (SSSR count). The Labute approximate surface area is 171 Å². The summed E-state index contributed by atoms with van der Waals surface area (Å²) in [4.78, 5) is 12.0. The molecule has 148 valence electrons. The van der Waals surface area contributed by atoms with Crippen molar-refractivity contribution < 1.29 is 4.74 Å². The quantitative estimate of drug-likeness (QED) is 0.254. The van der Waals surface area contributed by atoms with Crippen LogP contribution in [0.3, 0.4) is 0 Å². The second-order valence-corrected chi connectivity index (χ2v) is 7.01. The lowest BCUT2D eigenvalue weighted by Gasteiger charge is -2.34. The smallest absolute Gasteiger partial charge is 0.193 e. The van der Waals surface area contributed by atoms with Gasteiger partial charge in [-0.1, -0.05) is 6.92 Å². The summed E-state index contributed by atoms with van der Waals surface area (Å²) in [6.45, 7) is 13.7. The molecule has 2 aliphatic rings. The van der Waals surface area contributed by atoms with E-state index in [1.165, 1.54) is 58.5 Å². The lowest BCUT2D eigenvalue weighted by molar-refractivity contribution is 0.136. The van der Waals surface area contributed by atoms with Crippen LogP contribution in [0.4, 0.5) is 0 Å². The standard InChI is InChI=1S/C18H37N5O.HI/c1-4-21-11-13-22(14-12-21)9-6-5-8-20-18(19-2)23-10-7-17(15-23)16-24-3;/h17H,4-16H2,1-3H3,(H,19,20);1H. The maximum atomic E-state index is 5.28. The SMILES string of the molecule is CCN1CCN(CCCCNC(=NC)N2CCC(COC)C2)CC1.I. The summed E-state index contributed by atoms with van der Waals surface area (Å²) < 4.78 is 5.28. The van der Waals surface area contributed by atoms with Crippen LogP contribution in [-0.2, 0) is 4.74 Å². The zero-order valence-electron chi connectivity index (χ0n) is 16.4. The van der Waals surface area contributed by atoms with Gasteiger partial charge in [0, 0.05) is 65.9 Å². The fourth-order valence-electron chi connectivity index (χ4n) is 3.72. The Morgan fingerprint density at radius 1 is 1.12 bits per heavy atom. The number of nitrogens with zero attached hydrogens (tertiary/aromatic N) is 4. The third-order valence-electron chi connectivity index (χ3n) is 5.30. The number of ether oxygens (including phenoxy) is 1. The molecule has 0 amide bonds. The number of rotatable bonds is 8. The number of nitrogens with one attached hydrogen (secondary N) is 1. The van der Waals surface area contributed by atoms with E-state index in [9.17, 15) is 0 Å². The maximum Gasteiger partial charge on any atom is 0.193 e. The van der Waals surface area contributed by atoms with E-state index in [-0.39, 0.29) is 24.0 Å². The molecular weight excluding hydrogens is 429 g/mol. The molecule has 0 bridgehead atoms. The summed E-state index contributed by atoms with van der Waals surface area (Å²) in [5.74, 6) is 1.71. The van der Waals surface area contributed by atoms with Crippen LogP contribution in [0.5, 0.6) is 0 Å². The first-order chi connectivity index (χ1) is 11.8. The number of halogens is 1. The van der Waals surface area contributed by atoms with Crippen molar-refractivity contribution in [2.45, 2.75) is 26.2 Å². The summed E-state index contributed by atoms with van der Waals surface area (Å²) >= 11 is 0. The molecule has 1 unspecified atom stereocenters. The van der Waals surface area contributed by atoms with E-state index >= 15 is 0 Å². The largest absolute Gasteiger partial charge is 0.384 e. The fourth-order valence-corrected chi connectivity index (χ4v) is 3.72. The Morgan fingerprint density at radius 2 is 1.84 bits per heavy atom. The molecular formula is C18H38IN5O. The van der Waals surface area contributed by atoms with E-state index in [0.29, 0.717) is 5.92 Å². The Bertz CT molecular complexity index is 374. The summed E-state index contributed by atoms with van der Waals surface area (Å²) in [6.07, 6.45) is 3.68. The van der Waals surface area contributed by atoms with Gasteiger partial charge in [-0.2, -0.15) is 0 Å². The molecule has 2 heterocycles. The summed E-state index contributed by atoms with van der Waals surface area (Å²) in [7, 11) is 3.68. The normalized spacial score (nSPS) is 22.9. The minimum absolute atomic E-state index is 0. The summed E-state index contributed by atoms with van der Waals surface area (Å²) in [5.41, 5.74) is 0. The second-order valence-electron chi connectivity index (χ2n) is 7.01. The van der Waals surface area contributed by atoms with Crippen molar-refractivity contribution in [2.75, 3.05) is 79.7 Å². The first kappa shape index (κ1) is 22.9. The Kier molecular flexibility index (Phi) is 12.0. The monoisotopic (exact) mass is 467 g/mol. The van der Waals surface area contributed by atoms with Crippen LogP contribution in [0.15, 0.2) is 4.99 Å². The maximum absolute atomic E-state index is 5.28. The minimum atomic E-state index is 0. The molecule has 2 fully saturated rings. The van der Waals surface area contributed by atoms with Gasteiger partial charge in [-0.15, -0.1) is 24.0 Å². The molecule has 1 atom stereocenters. The van der Waals surface area contributed by atoms with Gasteiger partial charge in [-0.25, -0.2) is 0 Å². The van der Waals surface area contributed by atoms with Gasteiger partial charge in [-0.3, -0.25) is 4.99 Å². The molecule has 6 nitrogen and oxygen atoms in total. The topological polar surface area (TPSA) is 43.3 Å². The van der Waals surface area contributed by atoms with E-state index in [0.717, 1.165) is 32.2 Å². The predicted octanol–water partition coefficient (Wildman–Crippen LogP) is 1.57. The molecule has 7 heteroatoms. The molecule has 0 saturated carbocycles. The Balaban J connectivity index is 0.00000312. The molecule has 2 saturated heterocycles. The average molecular weight is 467 g/mol. The van der Waals surface area contributed by atoms with E-state index in [4.69, 9.17) is 4.74 Å². The molecule has 0 aromatic rings. The van der Waals surface area contributed by atoms with Crippen LogP contribution in [0.1, 0.15) is 26.2 Å². The van der Waals surface area contributed by atoms with Crippen LogP contribution >= 0.6 is 24.0 Å².